The average molecular weight is 184 g/mol. The van der Waals surface area contributed by atoms with E-state index in [0.717, 1.165) is 12.1 Å². The Morgan fingerprint density at radius 1 is 1.67 bits per heavy atom. The van der Waals surface area contributed by atoms with Crippen LogP contribution in [0.15, 0.2) is 17.3 Å². The summed E-state index contributed by atoms with van der Waals surface area (Å²) in [7, 11) is 0. The zero-order chi connectivity index (χ0) is 8.97. The minimum absolute atomic E-state index is 0.424. The Balaban J connectivity index is 2.89. The van der Waals surface area contributed by atoms with Crippen molar-refractivity contribution in [3.63, 3.8) is 0 Å². The summed E-state index contributed by atoms with van der Waals surface area (Å²) in [6, 6.07) is 1.63. The first-order chi connectivity index (χ1) is 5.72. The maximum atomic E-state index is 5.65. The molecule has 0 unspecified atom stereocenters. The molecular formula is C8H10ClN3. The Labute approximate surface area is 76.5 Å². The highest BCUT2D eigenvalue weighted by Crippen LogP contribution is 2.08. The van der Waals surface area contributed by atoms with Gasteiger partial charge in [0.15, 0.2) is 0 Å². The summed E-state index contributed by atoms with van der Waals surface area (Å²) in [5.74, 6) is 0.432. The lowest BCUT2D eigenvalue weighted by Crippen LogP contribution is -1.88. The van der Waals surface area contributed by atoms with Crippen molar-refractivity contribution < 1.29 is 0 Å². The second-order valence-electron chi connectivity index (χ2n) is 2.38. The molecule has 1 aromatic rings. The lowest BCUT2D eigenvalue weighted by Gasteiger charge is -1.94. The average Bonchev–Trinajstić information content (AvgIpc) is 2.04. The van der Waals surface area contributed by atoms with Gasteiger partial charge in [-0.15, -0.1) is 0 Å². The molecule has 0 aliphatic heterocycles. The van der Waals surface area contributed by atoms with E-state index in [0.29, 0.717) is 11.1 Å². The number of aliphatic imine (C=N–C) groups is 1. The van der Waals surface area contributed by atoms with Gasteiger partial charge < -0.3 is 0 Å². The van der Waals surface area contributed by atoms with Crippen LogP contribution in [0.25, 0.3) is 0 Å². The van der Waals surface area contributed by atoms with Crippen LogP contribution in [0, 0.1) is 0 Å². The molecule has 0 bridgehead atoms. The summed E-state index contributed by atoms with van der Waals surface area (Å²) in [6.07, 6.45) is 2.49. The molecule has 12 heavy (non-hydrogen) atoms. The monoisotopic (exact) mass is 183 g/mol. The van der Waals surface area contributed by atoms with E-state index < -0.39 is 0 Å². The zero-order valence-corrected chi connectivity index (χ0v) is 7.84. The van der Waals surface area contributed by atoms with E-state index in [-0.39, 0.29) is 0 Å². The second-order valence-corrected chi connectivity index (χ2v) is 2.77. The molecule has 1 aromatic heterocycles. The summed E-state index contributed by atoms with van der Waals surface area (Å²) in [5.41, 5.74) is 0.997. The molecule has 0 radical (unpaired) electrons. The van der Waals surface area contributed by atoms with E-state index in [1.54, 1.807) is 12.3 Å². The highest BCUT2D eigenvalue weighted by Gasteiger charge is 1.94. The van der Waals surface area contributed by atoms with Crippen LogP contribution in [-0.2, 0) is 0 Å². The van der Waals surface area contributed by atoms with Crippen LogP contribution in [0.4, 0.5) is 5.95 Å². The van der Waals surface area contributed by atoms with Crippen LogP contribution in [-0.4, -0.2) is 15.7 Å². The third-order valence-electron chi connectivity index (χ3n) is 1.41. The molecule has 0 N–H and O–H groups in total. The number of rotatable bonds is 2. The number of halogens is 1. The quantitative estimate of drug-likeness (QED) is 0.522. The SMILES string of the molecule is CCC(C)=Nc1nccc(Cl)n1. The Kier molecular flexibility index (Phi) is 3.17. The molecule has 0 fully saturated rings. The standard InChI is InChI=1S/C8H10ClN3/c1-3-6(2)11-8-10-5-4-7(9)12-8/h4-5H,3H2,1-2H3. The number of hydrogen-bond acceptors (Lipinski definition) is 3. The van der Waals surface area contributed by atoms with Gasteiger partial charge in [-0.2, -0.15) is 4.98 Å². The van der Waals surface area contributed by atoms with Crippen molar-refractivity contribution in [1.82, 2.24) is 9.97 Å². The third-order valence-corrected chi connectivity index (χ3v) is 1.62. The molecule has 4 heteroatoms. The molecule has 0 aliphatic carbocycles. The highest BCUT2D eigenvalue weighted by molar-refractivity contribution is 6.29. The van der Waals surface area contributed by atoms with Gasteiger partial charge in [-0.25, -0.2) is 9.98 Å². The van der Waals surface area contributed by atoms with Gasteiger partial charge in [-0.1, -0.05) is 18.5 Å². The van der Waals surface area contributed by atoms with Crippen LogP contribution in [0.1, 0.15) is 20.3 Å². The van der Waals surface area contributed by atoms with Crippen molar-refractivity contribution >= 4 is 23.3 Å². The Morgan fingerprint density at radius 3 is 3.00 bits per heavy atom. The Bertz CT molecular complexity index is 296. The van der Waals surface area contributed by atoms with E-state index in [1.807, 2.05) is 13.8 Å². The first-order valence-electron chi connectivity index (χ1n) is 3.75. The van der Waals surface area contributed by atoms with Crippen LogP contribution in [0.2, 0.25) is 5.15 Å². The maximum absolute atomic E-state index is 5.65. The van der Waals surface area contributed by atoms with Crippen molar-refractivity contribution in [2.75, 3.05) is 0 Å². The largest absolute Gasteiger partial charge is 0.250 e. The van der Waals surface area contributed by atoms with Gasteiger partial charge >= 0.3 is 0 Å². The first-order valence-corrected chi connectivity index (χ1v) is 4.13. The molecule has 0 spiro atoms. The number of aromatic nitrogens is 2. The molecule has 1 heterocycles. The van der Waals surface area contributed by atoms with Crippen molar-refractivity contribution in [1.29, 1.82) is 0 Å². The van der Waals surface area contributed by atoms with Crippen LogP contribution < -0.4 is 0 Å². The van der Waals surface area contributed by atoms with E-state index in [1.165, 1.54) is 0 Å². The molecule has 64 valence electrons. The van der Waals surface area contributed by atoms with Crippen molar-refractivity contribution in [3.05, 3.63) is 17.4 Å². The van der Waals surface area contributed by atoms with Crippen LogP contribution in [0.5, 0.6) is 0 Å². The molecule has 0 amide bonds. The molecular weight excluding hydrogens is 174 g/mol. The van der Waals surface area contributed by atoms with E-state index >= 15 is 0 Å². The van der Waals surface area contributed by atoms with Crippen LogP contribution >= 0.6 is 11.6 Å². The molecule has 0 aliphatic rings. The predicted molar refractivity (Wildman–Crippen MR) is 50.1 cm³/mol. The van der Waals surface area contributed by atoms with Crippen molar-refractivity contribution in [2.24, 2.45) is 4.99 Å². The molecule has 0 saturated carbocycles. The van der Waals surface area contributed by atoms with Gasteiger partial charge in [-0.05, 0) is 19.4 Å². The zero-order valence-electron chi connectivity index (χ0n) is 7.08. The van der Waals surface area contributed by atoms with Crippen molar-refractivity contribution in [2.45, 2.75) is 20.3 Å². The summed E-state index contributed by atoms with van der Waals surface area (Å²) >= 11 is 5.65. The fourth-order valence-electron chi connectivity index (χ4n) is 0.631. The second kappa shape index (κ2) is 4.16. The van der Waals surface area contributed by atoms with E-state index in [4.69, 9.17) is 11.6 Å². The lowest BCUT2D eigenvalue weighted by atomic mass is 10.3. The minimum atomic E-state index is 0.424. The predicted octanol–water partition coefficient (Wildman–Crippen LogP) is 2.63. The van der Waals surface area contributed by atoms with Gasteiger partial charge in [-0.3, -0.25) is 0 Å². The highest BCUT2D eigenvalue weighted by atomic mass is 35.5. The third kappa shape index (κ3) is 2.58. The Hall–Kier alpha value is -0.960. The number of nitrogens with zero attached hydrogens (tertiary/aromatic N) is 3. The molecule has 0 saturated heterocycles. The smallest absolute Gasteiger partial charge is 0.221 e. The topological polar surface area (TPSA) is 38.1 Å². The van der Waals surface area contributed by atoms with Gasteiger partial charge in [0.25, 0.3) is 5.95 Å². The minimum Gasteiger partial charge on any atom is -0.221 e. The van der Waals surface area contributed by atoms with E-state index in [2.05, 4.69) is 15.0 Å². The number of hydrogen-bond donors (Lipinski definition) is 0. The molecule has 3 nitrogen and oxygen atoms in total. The van der Waals surface area contributed by atoms with Crippen molar-refractivity contribution in [3.8, 4) is 0 Å². The molecule has 0 atom stereocenters. The van der Waals surface area contributed by atoms with E-state index in [9.17, 15) is 0 Å². The Morgan fingerprint density at radius 2 is 2.42 bits per heavy atom. The maximum Gasteiger partial charge on any atom is 0.250 e. The van der Waals surface area contributed by atoms with Gasteiger partial charge in [0.2, 0.25) is 0 Å². The van der Waals surface area contributed by atoms with Gasteiger partial charge in [0, 0.05) is 11.9 Å². The van der Waals surface area contributed by atoms with Gasteiger partial charge in [0.05, 0.1) is 0 Å². The van der Waals surface area contributed by atoms with Crippen LogP contribution in [0.3, 0.4) is 0 Å². The lowest BCUT2D eigenvalue weighted by molar-refractivity contribution is 1.12. The van der Waals surface area contributed by atoms with Gasteiger partial charge in [0.1, 0.15) is 5.15 Å². The fraction of sp³-hybridized carbons (Fsp3) is 0.375. The summed E-state index contributed by atoms with van der Waals surface area (Å²) in [6.45, 7) is 3.97. The summed E-state index contributed by atoms with van der Waals surface area (Å²) in [4.78, 5) is 12.0. The summed E-state index contributed by atoms with van der Waals surface area (Å²) in [5, 5.41) is 0.424. The first kappa shape index (κ1) is 9.13. The normalized spacial score (nSPS) is 11.8. The molecule has 0 aromatic carbocycles. The fourth-order valence-corrected chi connectivity index (χ4v) is 0.763. The molecule has 1 rings (SSSR count). The summed E-state index contributed by atoms with van der Waals surface area (Å²) < 4.78 is 0.